The highest BCUT2D eigenvalue weighted by atomic mass is 35.5. The summed E-state index contributed by atoms with van der Waals surface area (Å²) in [7, 11) is 0. The number of alkyl halides is 2. The maximum Gasteiger partial charge on any atom is 0.189 e. The first-order chi connectivity index (χ1) is 6.74. The van der Waals surface area contributed by atoms with Crippen molar-refractivity contribution in [2.24, 2.45) is 0 Å². The van der Waals surface area contributed by atoms with Crippen LogP contribution < -0.4 is 0 Å². The third-order valence-electron chi connectivity index (χ3n) is 1.46. The van der Waals surface area contributed by atoms with Gasteiger partial charge in [-0.25, -0.2) is 8.60 Å². The van der Waals surface area contributed by atoms with Crippen LogP contribution >= 0.6 is 11.6 Å². The number of halogens is 2. The number of hydrogen-bond donors (Lipinski definition) is 0. The lowest BCUT2D eigenvalue weighted by Gasteiger charge is -2.04. The van der Waals surface area contributed by atoms with Crippen LogP contribution in [-0.4, -0.2) is 22.9 Å². The normalized spacial score (nSPS) is 15.0. The van der Waals surface area contributed by atoms with Crippen molar-refractivity contribution in [3.63, 3.8) is 0 Å². The molecular formula is C9H10ClFO2S. The lowest BCUT2D eigenvalue weighted by molar-refractivity contribution is 0.228. The highest BCUT2D eigenvalue weighted by Crippen LogP contribution is 2.07. The van der Waals surface area contributed by atoms with Crippen molar-refractivity contribution in [3.8, 4) is 0 Å². The minimum atomic E-state index is -1.60. The van der Waals surface area contributed by atoms with Crippen molar-refractivity contribution in [1.29, 1.82) is 0 Å². The van der Waals surface area contributed by atoms with E-state index in [1.165, 1.54) is 0 Å². The maximum atomic E-state index is 12.6. The molecule has 0 aliphatic rings. The summed E-state index contributed by atoms with van der Waals surface area (Å²) in [6, 6.07) is 8.60. The molecule has 0 saturated heterocycles. The van der Waals surface area contributed by atoms with Gasteiger partial charge in [-0.3, -0.25) is 4.18 Å². The van der Waals surface area contributed by atoms with E-state index in [1.807, 2.05) is 0 Å². The molecule has 5 heteroatoms. The molecule has 0 N–H and O–H groups in total. The second-order valence-electron chi connectivity index (χ2n) is 2.58. The molecule has 0 amide bonds. The fraction of sp³-hybridized carbons (Fsp3) is 0.333. The van der Waals surface area contributed by atoms with E-state index in [9.17, 15) is 8.60 Å². The zero-order valence-electron chi connectivity index (χ0n) is 7.36. The first kappa shape index (κ1) is 11.6. The van der Waals surface area contributed by atoms with Gasteiger partial charge < -0.3 is 0 Å². The second kappa shape index (κ2) is 6.11. The molecule has 14 heavy (non-hydrogen) atoms. The van der Waals surface area contributed by atoms with Gasteiger partial charge in [-0.15, -0.1) is 11.6 Å². The first-order valence-electron chi connectivity index (χ1n) is 4.04. The number of rotatable bonds is 5. The Kier molecular flexibility index (Phi) is 5.07. The van der Waals surface area contributed by atoms with Crippen LogP contribution in [0, 0.1) is 0 Å². The first-order valence-corrected chi connectivity index (χ1v) is 5.65. The van der Waals surface area contributed by atoms with Crippen molar-refractivity contribution >= 4 is 22.7 Å². The van der Waals surface area contributed by atoms with Gasteiger partial charge in [0.05, 0.1) is 17.4 Å². The lowest BCUT2D eigenvalue weighted by Crippen LogP contribution is -2.13. The Labute approximate surface area is 89.7 Å². The smallest absolute Gasteiger partial charge is 0.189 e. The van der Waals surface area contributed by atoms with Gasteiger partial charge in [0.25, 0.3) is 0 Å². The summed E-state index contributed by atoms with van der Waals surface area (Å²) in [5.74, 6) is -0.147. The van der Waals surface area contributed by atoms with Crippen LogP contribution in [-0.2, 0) is 15.3 Å². The van der Waals surface area contributed by atoms with E-state index < -0.39 is 17.3 Å². The fourth-order valence-electron chi connectivity index (χ4n) is 0.780. The summed E-state index contributed by atoms with van der Waals surface area (Å²) >= 11 is 3.62. The third-order valence-corrected chi connectivity index (χ3v) is 2.80. The average molecular weight is 237 g/mol. The Morgan fingerprint density at radius 2 is 2.07 bits per heavy atom. The molecule has 0 aromatic heterocycles. The molecule has 0 saturated carbocycles. The predicted octanol–water partition coefficient (Wildman–Crippen LogP) is 2.30. The van der Waals surface area contributed by atoms with E-state index in [0.29, 0.717) is 4.90 Å². The Balaban J connectivity index is 2.44. The number of hydrogen-bond acceptors (Lipinski definition) is 2. The molecule has 0 aliphatic heterocycles. The van der Waals surface area contributed by atoms with Crippen LogP contribution in [0.4, 0.5) is 4.39 Å². The molecule has 0 spiro atoms. The SMILES string of the molecule is O=S(OCC(F)CCl)c1ccccc1. The van der Waals surface area contributed by atoms with Gasteiger partial charge in [0, 0.05) is 0 Å². The molecule has 2 nitrogen and oxygen atoms in total. The highest BCUT2D eigenvalue weighted by Gasteiger charge is 2.09. The van der Waals surface area contributed by atoms with E-state index in [4.69, 9.17) is 15.8 Å². The van der Waals surface area contributed by atoms with Gasteiger partial charge in [0.1, 0.15) is 6.17 Å². The van der Waals surface area contributed by atoms with Gasteiger partial charge in [-0.1, -0.05) is 18.2 Å². The summed E-state index contributed by atoms with van der Waals surface area (Å²) in [6.07, 6.45) is -1.27. The second-order valence-corrected chi connectivity index (χ2v) is 4.07. The summed E-state index contributed by atoms with van der Waals surface area (Å²) in [5.41, 5.74) is 0. The Morgan fingerprint density at radius 1 is 1.43 bits per heavy atom. The molecular weight excluding hydrogens is 227 g/mol. The van der Waals surface area contributed by atoms with Crippen LogP contribution in [0.2, 0.25) is 0 Å². The van der Waals surface area contributed by atoms with Crippen molar-refractivity contribution in [3.05, 3.63) is 30.3 Å². The largest absolute Gasteiger partial charge is 0.284 e. The molecule has 2 atom stereocenters. The van der Waals surface area contributed by atoms with Crippen LogP contribution in [0.3, 0.4) is 0 Å². The summed E-state index contributed by atoms with van der Waals surface area (Å²) in [4.78, 5) is 0.522. The monoisotopic (exact) mass is 236 g/mol. The van der Waals surface area contributed by atoms with E-state index in [0.717, 1.165) is 0 Å². The van der Waals surface area contributed by atoms with Crippen LogP contribution in [0.1, 0.15) is 0 Å². The van der Waals surface area contributed by atoms with E-state index >= 15 is 0 Å². The average Bonchev–Trinajstić information content (AvgIpc) is 2.26. The van der Waals surface area contributed by atoms with Crippen LogP contribution in [0.15, 0.2) is 35.2 Å². The van der Waals surface area contributed by atoms with Gasteiger partial charge in [-0.05, 0) is 12.1 Å². The molecule has 0 radical (unpaired) electrons. The van der Waals surface area contributed by atoms with Crippen LogP contribution in [0.5, 0.6) is 0 Å². The van der Waals surface area contributed by atoms with Gasteiger partial charge in [0.2, 0.25) is 0 Å². The third kappa shape index (κ3) is 3.74. The summed E-state index contributed by atoms with van der Waals surface area (Å²) in [5, 5.41) is 0. The van der Waals surface area contributed by atoms with Crippen molar-refractivity contribution < 1.29 is 12.8 Å². The van der Waals surface area contributed by atoms with Crippen molar-refractivity contribution in [2.45, 2.75) is 11.1 Å². The Hall–Kier alpha value is -0.450. The van der Waals surface area contributed by atoms with E-state index in [2.05, 4.69) is 0 Å². The van der Waals surface area contributed by atoms with E-state index in [1.54, 1.807) is 30.3 Å². The zero-order chi connectivity index (χ0) is 10.4. The van der Waals surface area contributed by atoms with Gasteiger partial charge >= 0.3 is 0 Å². The molecule has 0 heterocycles. The van der Waals surface area contributed by atoms with Gasteiger partial charge in [-0.2, -0.15) is 0 Å². The number of benzene rings is 1. The molecule has 78 valence electrons. The Bertz CT molecular complexity index is 294. The molecule has 0 bridgehead atoms. The maximum absolute atomic E-state index is 12.6. The minimum Gasteiger partial charge on any atom is -0.284 e. The van der Waals surface area contributed by atoms with Crippen molar-refractivity contribution in [2.75, 3.05) is 12.5 Å². The summed E-state index contributed by atoms with van der Waals surface area (Å²) < 4.78 is 28.8. The molecule has 0 fully saturated rings. The predicted molar refractivity (Wildman–Crippen MR) is 54.4 cm³/mol. The molecule has 2 unspecified atom stereocenters. The molecule has 0 aliphatic carbocycles. The minimum absolute atomic E-state index is 0.147. The van der Waals surface area contributed by atoms with E-state index in [-0.39, 0.29) is 12.5 Å². The topological polar surface area (TPSA) is 26.3 Å². The zero-order valence-corrected chi connectivity index (χ0v) is 8.93. The van der Waals surface area contributed by atoms with Crippen molar-refractivity contribution in [1.82, 2.24) is 0 Å². The highest BCUT2D eigenvalue weighted by molar-refractivity contribution is 7.80. The summed E-state index contributed by atoms with van der Waals surface area (Å²) in [6.45, 7) is -0.245. The Morgan fingerprint density at radius 3 is 2.64 bits per heavy atom. The molecule has 1 rings (SSSR count). The van der Waals surface area contributed by atoms with Crippen LogP contribution in [0.25, 0.3) is 0 Å². The fourth-order valence-corrected chi connectivity index (χ4v) is 1.66. The molecule has 1 aromatic carbocycles. The van der Waals surface area contributed by atoms with Gasteiger partial charge in [0.15, 0.2) is 11.1 Å². The standard InChI is InChI=1S/C9H10ClFO2S/c10-6-8(11)7-13-14(12)9-4-2-1-3-5-9/h1-5,8H,6-7H2. The molecule has 1 aromatic rings. The lowest BCUT2D eigenvalue weighted by atomic mass is 10.4. The quantitative estimate of drug-likeness (QED) is 0.734.